The van der Waals surface area contributed by atoms with E-state index in [-0.39, 0.29) is 41.6 Å². The summed E-state index contributed by atoms with van der Waals surface area (Å²) in [4.78, 5) is 24.3. The van der Waals surface area contributed by atoms with E-state index in [1.807, 2.05) is 6.92 Å². The fraction of sp³-hybridized carbons (Fsp3) is 0.727. The summed E-state index contributed by atoms with van der Waals surface area (Å²) in [6, 6.07) is 0. The molecule has 1 heterocycles. The molecule has 0 radical (unpaired) electrons. The maximum atomic E-state index is 12.5. The van der Waals surface area contributed by atoms with Crippen molar-refractivity contribution in [1.82, 2.24) is 0 Å². The lowest BCUT2D eigenvalue weighted by Gasteiger charge is -2.36. The first-order valence-electron chi connectivity index (χ1n) is 9.93. The zero-order valence-electron chi connectivity index (χ0n) is 17.7. The lowest BCUT2D eigenvalue weighted by molar-refractivity contribution is -0.162. The van der Waals surface area contributed by atoms with Gasteiger partial charge >= 0.3 is 11.9 Å². The van der Waals surface area contributed by atoms with Crippen LogP contribution in [0.5, 0.6) is 0 Å². The standard InChI is InChI=1S/C22H34O5/c1-8-15(5)21(24)26-17-12-14(4)10-9-11-22(7)20(27-22)19(25-16(6)23)18(17)13(2)3/h8,10,13,17-20H,9,11-12H2,1-7H3/b14-10+,15-8-/t17-,18+,19+,20+,22-/m0/s1. The van der Waals surface area contributed by atoms with E-state index < -0.39 is 6.10 Å². The highest BCUT2D eigenvalue weighted by Crippen LogP contribution is 2.48. The number of hydrogen-bond donors (Lipinski definition) is 0. The Bertz CT molecular complexity index is 633. The number of ether oxygens (including phenoxy) is 3. The first-order chi connectivity index (χ1) is 12.6. The van der Waals surface area contributed by atoms with Gasteiger partial charge in [0.25, 0.3) is 0 Å². The minimum atomic E-state index is -0.429. The van der Waals surface area contributed by atoms with Gasteiger partial charge < -0.3 is 14.2 Å². The Hall–Kier alpha value is -1.62. The average Bonchev–Trinajstić information content (AvgIpc) is 3.23. The normalized spacial score (nSPS) is 36.3. The van der Waals surface area contributed by atoms with Crippen molar-refractivity contribution in [3.63, 3.8) is 0 Å². The van der Waals surface area contributed by atoms with Crippen LogP contribution in [0.3, 0.4) is 0 Å². The molecule has 0 aromatic rings. The molecule has 1 aliphatic carbocycles. The van der Waals surface area contributed by atoms with Gasteiger partial charge in [-0.05, 0) is 46.5 Å². The Kier molecular flexibility index (Phi) is 6.90. The van der Waals surface area contributed by atoms with Crippen LogP contribution in [-0.4, -0.2) is 35.9 Å². The van der Waals surface area contributed by atoms with Crippen LogP contribution in [0.2, 0.25) is 0 Å². The fourth-order valence-corrected chi connectivity index (χ4v) is 4.04. The first kappa shape index (κ1) is 21.7. The molecule has 0 unspecified atom stereocenters. The van der Waals surface area contributed by atoms with E-state index in [4.69, 9.17) is 14.2 Å². The minimum absolute atomic E-state index is 0.143. The smallest absolute Gasteiger partial charge is 0.333 e. The van der Waals surface area contributed by atoms with Gasteiger partial charge in [-0.25, -0.2) is 4.79 Å². The topological polar surface area (TPSA) is 65.1 Å². The molecule has 0 saturated carbocycles. The third kappa shape index (κ3) is 5.22. The van der Waals surface area contributed by atoms with Crippen LogP contribution in [0.25, 0.3) is 0 Å². The monoisotopic (exact) mass is 378 g/mol. The Morgan fingerprint density at radius 1 is 1.30 bits per heavy atom. The van der Waals surface area contributed by atoms with E-state index in [0.717, 1.165) is 12.8 Å². The third-order valence-corrected chi connectivity index (χ3v) is 5.79. The molecule has 152 valence electrons. The molecule has 0 aromatic heterocycles. The molecule has 0 amide bonds. The highest BCUT2D eigenvalue weighted by atomic mass is 16.6. The van der Waals surface area contributed by atoms with Crippen molar-refractivity contribution in [2.45, 2.75) is 91.6 Å². The Balaban J connectivity index is 2.42. The fourth-order valence-electron chi connectivity index (χ4n) is 4.04. The zero-order chi connectivity index (χ0) is 20.4. The second-order valence-corrected chi connectivity index (χ2v) is 8.46. The minimum Gasteiger partial charge on any atom is -0.459 e. The van der Waals surface area contributed by atoms with Crippen LogP contribution in [0.1, 0.15) is 67.7 Å². The van der Waals surface area contributed by atoms with E-state index in [1.165, 1.54) is 12.5 Å². The number of carbonyl (C=O) groups is 2. The van der Waals surface area contributed by atoms with E-state index in [1.54, 1.807) is 13.0 Å². The van der Waals surface area contributed by atoms with E-state index >= 15 is 0 Å². The lowest BCUT2D eigenvalue weighted by atomic mass is 9.78. The molecule has 1 saturated heterocycles. The van der Waals surface area contributed by atoms with Gasteiger partial charge in [-0.15, -0.1) is 0 Å². The third-order valence-electron chi connectivity index (χ3n) is 5.79. The average molecular weight is 379 g/mol. The molecule has 0 N–H and O–H groups in total. The molecular formula is C22H34O5. The van der Waals surface area contributed by atoms with Crippen LogP contribution in [-0.2, 0) is 23.8 Å². The predicted octanol–water partition coefficient (Wildman–Crippen LogP) is 4.36. The maximum absolute atomic E-state index is 12.5. The first-order valence-corrected chi connectivity index (χ1v) is 9.93. The molecule has 0 bridgehead atoms. The summed E-state index contributed by atoms with van der Waals surface area (Å²) in [5.41, 5.74) is 1.46. The summed E-state index contributed by atoms with van der Waals surface area (Å²) in [7, 11) is 0. The molecule has 5 heteroatoms. The van der Waals surface area contributed by atoms with E-state index in [0.29, 0.717) is 12.0 Å². The van der Waals surface area contributed by atoms with Gasteiger partial charge in [0.15, 0.2) is 0 Å². The molecule has 1 fully saturated rings. The summed E-state index contributed by atoms with van der Waals surface area (Å²) in [5, 5.41) is 0. The maximum Gasteiger partial charge on any atom is 0.333 e. The van der Waals surface area contributed by atoms with Crippen molar-refractivity contribution in [3.05, 3.63) is 23.3 Å². The SMILES string of the molecule is C/C=C(/C)C(=O)O[C@H]1C/C(C)=C/CC[C@]2(C)O[C@@H]2[C@H](OC(C)=O)[C@@H]1C(C)C. The number of hydrogen-bond acceptors (Lipinski definition) is 5. The predicted molar refractivity (Wildman–Crippen MR) is 104 cm³/mol. The Morgan fingerprint density at radius 2 is 1.96 bits per heavy atom. The van der Waals surface area contributed by atoms with Crippen LogP contribution in [0.4, 0.5) is 0 Å². The number of carbonyl (C=O) groups excluding carboxylic acids is 2. The number of allylic oxidation sites excluding steroid dienone is 2. The molecule has 2 rings (SSSR count). The molecule has 0 spiro atoms. The van der Waals surface area contributed by atoms with Gasteiger partial charge in [-0.1, -0.05) is 31.6 Å². The van der Waals surface area contributed by atoms with Crippen molar-refractivity contribution in [3.8, 4) is 0 Å². The van der Waals surface area contributed by atoms with Crippen molar-refractivity contribution in [2.24, 2.45) is 11.8 Å². The summed E-state index contributed by atoms with van der Waals surface area (Å²) in [5.74, 6) is -0.642. The van der Waals surface area contributed by atoms with Gasteiger partial charge in [0.05, 0.1) is 5.60 Å². The van der Waals surface area contributed by atoms with Crippen LogP contribution in [0.15, 0.2) is 23.3 Å². The number of epoxide rings is 1. The lowest BCUT2D eigenvalue weighted by Crippen LogP contribution is -2.45. The molecule has 5 nitrogen and oxygen atoms in total. The number of fused-ring (bicyclic) bond motifs is 1. The second-order valence-electron chi connectivity index (χ2n) is 8.46. The van der Waals surface area contributed by atoms with Crippen molar-refractivity contribution >= 4 is 11.9 Å². The number of esters is 2. The quantitative estimate of drug-likeness (QED) is 0.315. The van der Waals surface area contributed by atoms with E-state index in [2.05, 4.69) is 33.8 Å². The van der Waals surface area contributed by atoms with Gasteiger partial charge in [-0.3, -0.25) is 4.79 Å². The van der Waals surface area contributed by atoms with Crippen molar-refractivity contribution < 1.29 is 23.8 Å². The molecule has 5 atom stereocenters. The van der Waals surface area contributed by atoms with Gasteiger partial charge in [0, 0.05) is 24.8 Å². The molecule has 27 heavy (non-hydrogen) atoms. The van der Waals surface area contributed by atoms with Gasteiger partial charge in [0.2, 0.25) is 0 Å². The Morgan fingerprint density at radius 3 is 2.52 bits per heavy atom. The number of rotatable bonds is 4. The zero-order valence-corrected chi connectivity index (χ0v) is 17.7. The van der Waals surface area contributed by atoms with Gasteiger partial charge in [-0.2, -0.15) is 0 Å². The summed E-state index contributed by atoms with van der Waals surface area (Å²) >= 11 is 0. The highest BCUT2D eigenvalue weighted by Gasteiger charge is 2.60. The molecule has 1 aliphatic heterocycles. The summed E-state index contributed by atoms with van der Waals surface area (Å²) in [6.07, 6.45) is 5.40. The van der Waals surface area contributed by atoms with Crippen LogP contribution < -0.4 is 0 Å². The van der Waals surface area contributed by atoms with Crippen molar-refractivity contribution in [1.29, 1.82) is 0 Å². The largest absolute Gasteiger partial charge is 0.459 e. The molecule has 0 aromatic carbocycles. The molecule has 2 aliphatic rings. The summed E-state index contributed by atoms with van der Waals surface area (Å²) in [6.45, 7) is 13.3. The second kappa shape index (κ2) is 8.59. The van der Waals surface area contributed by atoms with Crippen LogP contribution in [0, 0.1) is 11.8 Å². The Labute approximate surface area is 163 Å². The van der Waals surface area contributed by atoms with Gasteiger partial charge in [0.1, 0.15) is 18.3 Å². The highest BCUT2D eigenvalue weighted by molar-refractivity contribution is 5.87. The van der Waals surface area contributed by atoms with E-state index in [9.17, 15) is 9.59 Å². The molecular weight excluding hydrogens is 344 g/mol. The van der Waals surface area contributed by atoms with Crippen molar-refractivity contribution in [2.75, 3.05) is 0 Å². The summed E-state index contributed by atoms with van der Waals surface area (Å²) < 4.78 is 17.7. The van der Waals surface area contributed by atoms with Crippen LogP contribution >= 0.6 is 0 Å².